The van der Waals surface area contributed by atoms with E-state index in [1.165, 1.54) is 32.2 Å². The van der Waals surface area contributed by atoms with Crippen molar-refractivity contribution in [2.45, 2.75) is 31.7 Å². The Hall–Kier alpha value is 0.650. The monoisotopic (exact) mass is 266 g/mol. The van der Waals surface area contributed by atoms with Gasteiger partial charge in [0.05, 0.1) is 0 Å². The molecule has 64 valence electrons. The Morgan fingerprint density at radius 1 is 1.36 bits per heavy atom. The molecule has 0 aromatic heterocycles. The zero-order valence-electron chi connectivity index (χ0n) is 6.72. The van der Waals surface area contributed by atoms with Crippen molar-refractivity contribution < 1.29 is 0 Å². The van der Waals surface area contributed by atoms with E-state index in [-0.39, 0.29) is 0 Å². The van der Waals surface area contributed by atoms with Gasteiger partial charge in [0.25, 0.3) is 0 Å². The fourth-order valence-corrected chi connectivity index (χ4v) is 2.81. The first kappa shape index (κ1) is 8.26. The third-order valence-corrected chi connectivity index (χ3v) is 3.85. The van der Waals surface area contributed by atoms with Gasteiger partial charge in [0.1, 0.15) is 0 Å². The molecule has 2 N–H and O–H groups in total. The zero-order valence-corrected chi connectivity index (χ0v) is 8.88. The van der Waals surface area contributed by atoms with E-state index >= 15 is 0 Å². The Balaban J connectivity index is 1.98. The smallest absolute Gasteiger partial charge is 0.0233 e. The van der Waals surface area contributed by atoms with Gasteiger partial charge in [-0.25, -0.2) is 3.11 Å². The highest BCUT2D eigenvalue weighted by Gasteiger charge is 2.44. The van der Waals surface area contributed by atoms with E-state index < -0.39 is 0 Å². The maximum absolute atomic E-state index is 5.99. The molecule has 0 radical (unpaired) electrons. The van der Waals surface area contributed by atoms with Crippen LogP contribution in [-0.2, 0) is 0 Å². The van der Waals surface area contributed by atoms with Crippen molar-refractivity contribution in [3.63, 3.8) is 0 Å². The summed E-state index contributed by atoms with van der Waals surface area (Å²) in [6.45, 7) is 2.33. The van der Waals surface area contributed by atoms with Crippen molar-refractivity contribution in [3.05, 3.63) is 0 Å². The van der Waals surface area contributed by atoms with Crippen molar-refractivity contribution in [2.24, 2.45) is 11.1 Å². The normalized spacial score (nSPS) is 37.1. The van der Waals surface area contributed by atoms with E-state index in [0.717, 1.165) is 6.54 Å². The van der Waals surface area contributed by atoms with Gasteiger partial charge in [-0.1, -0.05) is 0 Å². The van der Waals surface area contributed by atoms with Crippen LogP contribution in [0.3, 0.4) is 0 Å². The van der Waals surface area contributed by atoms with E-state index in [4.69, 9.17) is 5.73 Å². The quantitative estimate of drug-likeness (QED) is 0.532. The molecule has 1 saturated heterocycles. The van der Waals surface area contributed by atoms with Crippen molar-refractivity contribution in [1.82, 2.24) is 3.11 Å². The summed E-state index contributed by atoms with van der Waals surface area (Å²) in [7, 11) is 0. The highest BCUT2D eigenvalue weighted by Crippen LogP contribution is 2.53. The molecule has 0 aromatic carbocycles. The average Bonchev–Trinajstić information content (AvgIpc) is 2.66. The van der Waals surface area contributed by atoms with E-state index in [0.29, 0.717) is 11.5 Å². The van der Waals surface area contributed by atoms with E-state index in [9.17, 15) is 0 Å². The van der Waals surface area contributed by atoms with Crippen molar-refractivity contribution >= 4 is 22.9 Å². The van der Waals surface area contributed by atoms with Gasteiger partial charge >= 0.3 is 0 Å². The molecule has 2 rings (SSSR count). The number of nitrogens with zero attached hydrogens (tertiary/aromatic N) is 1. The van der Waals surface area contributed by atoms with Crippen LogP contribution in [-0.4, -0.2) is 22.2 Å². The molecule has 0 amide bonds. The lowest BCUT2D eigenvalue weighted by atomic mass is 9.95. The lowest BCUT2D eigenvalue weighted by Crippen LogP contribution is -2.30. The van der Waals surface area contributed by atoms with E-state index in [1.54, 1.807) is 0 Å². The van der Waals surface area contributed by atoms with Crippen LogP contribution in [0.5, 0.6) is 0 Å². The standard InChI is InChI=1S/C8H15IN2/c9-11-4-3-8(1-2-8)5-7(10)6-11/h7H,1-6,10H2/t7-/m0/s1. The van der Waals surface area contributed by atoms with Crippen LogP contribution in [0, 0.1) is 5.41 Å². The van der Waals surface area contributed by atoms with E-state index in [2.05, 4.69) is 26.0 Å². The summed E-state index contributed by atoms with van der Waals surface area (Å²) < 4.78 is 2.34. The topological polar surface area (TPSA) is 29.3 Å². The molecule has 2 nitrogen and oxygen atoms in total. The molecule has 1 saturated carbocycles. The van der Waals surface area contributed by atoms with Gasteiger partial charge in [-0.15, -0.1) is 0 Å². The molecule has 1 atom stereocenters. The summed E-state index contributed by atoms with van der Waals surface area (Å²) in [5.74, 6) is 0. The molecule has 1 aliphatic heterocycles. The summed E-state index contributed by atoms with van der Waals surface area (Å²) in [4.78, 5) is 0. The molecule has 11 heavy (non-hydrogen) atoms. The number of rotatable bonds is 0. The number of nitrogens with two attached hydrogens (primary N) is 1. The summed E-state index contributed by atoms with van der Waals surface area (Å²) >= 11 is 2.39. The van der Waals surface area contributed by atoms with Gasteiger partial charge in [-0.3, -0.25) is 0 Å². The predicted molar refractivity (Wildman–Crippen MR) is 54.5 cm³/mol. The second-order valence-electron chi connectivity index (χ2n) is 4.08. The number of halogens is 1. The first-order chi connectivity index (χ1) is 5.20. The minimum Gasteiger partial charge on any atom is -0.326 e. The first-order valence-electron chi connectivity index (χ1n) is 4.37. The highest BCUT2D eigenvalue weighted by molar-refractivity contribution is 14.1. The van der Waals surface area contributed by atoms with Crippen molar-refractivity contribution in [3.8, 4) is 0 Å². The molecule has 3 heteroatoms. The van der Waals surface area contributed by atoms with Gasteiger partial charge < -0.3 is 5.73 Å². The van der Waals surface area contributed by atoms with Crippen LogP contribution >= 0.6 is 22.9 Å². The summed E-state index contributed by atoms with van der Waals surface area (Å²) in [6, 6.07) is 0.428. The SMILES string of the molecule is N[C@@H]1CN(I)CCC2(CC2)C1. The first-order valence-corrected chi connectivity index (χ1v) is 5.33. The highest BCUT2D eigenvalue weighted by atomic mass is 127. The fraction of sp³-hybridized carbons (Fsp3) is 1.00. The van der Waals surface area contributed by atoms with Gasteiger partial charge in [-0.05, 0) is 31.1 Å². The molecule has 1 aliphatic carbocycles. The van der Waals surface area contributed by atoms with Gasteiger partial charge in [-0.2, -0.15) is 0 Å². The van der Waals surface area contributed by atoms with Crippen LogP contribution in [0.15, 0.2) is 0 Å². The van der Waals surface area contributed by atoms with Crippen molar-refractivity contribution in [2.75, 3.05) is 13.1 Å². The van der Waals surface area contributed by atoms with Crippen LogP contribution in [0.2, 0.25) is 0 Å². The van der Waals surface area contributed by atoms with Crippen LogP contribution in [0.4, 0.5) is 0 Å². The summed E-state index contributed by atoms with van der Waals surface area (Å²) in [5.41, 5.74) is 6.69. The largest absolute Gasteiger partial charge is 0.326 e. The minimum absolute atomic E-state index is 0.428. The molecule has 0 unspecified atom stereocenters. The Bertz CT molecular complexity index is 156. The third kappa shape index (κ3) is 1.87. The van der Waals surface area contributed by atoms with Gasteiger partial charge in [0.2, 0.25) is 0 Å². The van der Waals surface area contributed by atoms with E-state index in [1.807, 2.05) is 0 Å². The Labute approximate surface area is 82.0 Å². The lowest BCUT2D eigenvalue weighted by molar-refractivity contribution is 0.425. The summed E-state index contributed by atoms with van der Waals surface area (Å²) in [6.07, 6.45) is 5.52. The Morgan fingerprint density at radius 3 is 2.73 bits per heavy atom. The van der Waals surface area contributed by atoms with Crippen LogP contribution in [0.25, 0.3) is 0 Å². The van der Waals surface area contributed by atoms with Crippen molar-refractivity contribution in [1.29, 1.82) is 0 Å². The molecular weight excluding hydrogens is 251 g/mol. The molecule has 1 heterocycles. The Kier molecular flexibility index (Phi) is 2.14. The molecule has 2 fully saturated rings. The lowest BCUT2D eigenvalue weighted by Gasteiger charge is -2.14. The number of hydrogen-bond donors (Lipinski definition) is 1. The molecule has 1 spiro atoms. The summed E-state index contributed by atoms with van der Waals surface area (Å²) in [5, 5.41) is 0. The maximum Gasteiger partial charge on any atom is 0.0233 e. The minimum atomic E-state index is 0.428. The van der Waals surface area contributed by atoms with Gasteiger partial charge in [0, 0.05) is 42.0 Å². The van der Waals surface area contributed by atoms with Gasteiger partial charge in [0.15, 0.2) is 0 Å². The Morgan fingerprint density at radius 2 is 2.09 bits per heavy atom. The van der Waals surface area contributed by atoms with Crippen LogP contribution < -0.4 is 5.73 Å². The molecular formula is C8H15IN2. The maximum atomic E-state index is 5.99. The molecule has 0 aromatic rings. The average molecular weight is 266 g/mol. The second kappa shape index (κ2) is 2.85. The number of hydrogen-bond acceptors (Lipinski definition) is 2. The third-order valence-electron chi connectivity index (χ3n) is 2.97. The zero-order chi connectivity index (χ0) is 7.90. The fourth-order valence-electron chi connectivity index (χ4n) is 2.06. The second-order valence-corrected chi connectivity index (χ2v) is 5.45. The van der Waals surface area contributed by atoms with Crippen LogP contribution in [0.1, 0.15) is 25.7 Å². The molecule has 2 aliphatic rings. The predicted octanol–water partition coefficient (Wildman–Crippen LogP) is 1.54. The molecule has 0 bridgehead atoms.